The molecule has 4 nitrogen and oxygen atoms in total. The van der Waals surface area contributed by atoms with E-state index in [0.29, 0.717) is 16.8 Å². The van der Waals surface area contributed by atoms with E-state index in [0.717, 1.165) is 0 Å². The summed E-state index contributed by atoms with van der Waals surface area (Å²) in [5.74, 6) is -0.279. The number of nitrogens with one attached hydrogen (secondary N) is 1. The molecule has 1 amide bonds. The zero-order valence-corrected chi connectivity index (χ0v) is 10.4. The van der Waals surface area contributed by atoms with Crippen LogP contribution in [0.2, 0.25) is 0 Å². The lowest BCUT2D eigenvalue weighted by Gasteiger charge is -2.05. The lowest BCUT2D eigenvalue weighted by atomic mass is 10.1. The van der Waals surface area contributed by atoms with Gasteiger partial charge in [0.05, 0.1) is 5.56 Å². The number of anilines is 1. The van der Waals surface area contributed by atoms with Crippen molar-refractivity contribution in [3.8, 4) is 0 Å². The quantitative estimate of drug-likeness (QED) is 0.776. The van der Waals surface area contributed by atoms with Gasteiger partial charge in [0.15, 0.2) is 0 Å². The summed E-state index contributed by atoms with van der Waals surface area (Å²) in [5.41, 5.74) is 0.607. The van der Waals surface area contributed by atoms with Crippen LogP contribution in [0.5, 0.6) is 0 Å². The Hall–Kier alpha value is -2.82. The van der Waals surface area contributed by atoms with Gasteiger partial charge in [0.2, 0.25) is 0 Å². The van der Waals surface area contributed by atoms with Gasteiger partial charge in [0, 0.05) is 17.8 Å². The summed E-state index contributed by atoms with van der Waals surface area (Å²) >= 11 is 0. The van der Waals surface area contributed by atoms with Gasteiger partial charge in [-0.3, -0.25) is 9.78 Å². The van der Waals surface area contributed by atoms with Crippen molar-refractivity contribution in [3.63, 3.8) is 0 Å². The van der Waals surface area contributed by atoms with E-state index >= 15 is 0 Å². The highest BCUT2D eigenvalue weighted by molar-refractivity contribution is 6.05. The Morgan fingerprint density at radius 2 is 2.00 bits per heavy atom. The molecule has 0 bridgehead atoms. The molecule has 0 unspecified atom stereocenters. The first-order chi connectivity index (χ1) is 9.74. The fraction of sp³-hybridized carbons (Fsp3) is 0. The fourth-order valence-electron chi connectivity index (χ4n) is 1.87. The minimum atomic E-state index is -0.404. The van der Waals surface area contributed by atoms with Crippen LogP contribution in [0.15, 0.2) is 54.9 Å². The minimum Gasteiger partial charge on any atom is -0.307 e. The number of aromatic nitrogens is 2. The Kier molecular flexibility index (Phi) is 3.09. The summed E-state index contributed by atoms with van der Waals surface area (Å²) < 4.78 is 13.5. The standard InChI is InChI=1S/C15H10FN3O/c16-12-5-3-4-10-8-11(9-18-14(10)12)15(20)19-13-6-1-2-7-17-13/h1-9H,(H,17,19,20). The number of benzene rings is 1. The normalized spacial score (nSPS) is 10.4. The second-order valence-electron chi connectivity index (χ2n) is 4.20. The van der Waals surface area contributed by atoms with Crippen molar-refractivity contribution < 1.29 is 9.18 Å². The molecule has 5 heteroatoms. The molecule has 0 saturated heterocycles. The van der Waals surface area contributed by atoms with Crippen molar-refractivity contribution in [1.29, 1.82) is 0 Å². The topological polar surface area (TPSA) is 54.9 Å². The number of carbonyl (C=O) groups is 1. The lowest BCUT2D eigenvalue weighted by molar-refractivity contribution is 0.102. The average molecular weight is 267 g/mol. The maximum atomic E-state index is 13.5. The minimum absolute atomic E-state index is 0.252. The van der Waals surface area contributed by atoms with Gasteiger partial charge in [0.1, 0.15) is 17.2 Å². The molecule has 0 spiro atoms. The van der Waals surface area contributed by atoms with Gasteiger partial charge in [-0.05, 0) is 24.3 Å². The van der Waals surface area contributed by atoms with Gasteiger partial charge in [-0.25, -0.2) is 9.37 Å². The van der Waals surface area contributed by atoms with Crippen molar-refractivity contribution in [2.75, 3.05) is 5.32 Å². The van der Waals surface area contributed by atoms with Crippen LogP contribution >= 0.6 is 0 Å². The molecule has 0 fully saturated rings. The van der Waals surface area contributed by atoms with Crippen LogP contribution < -0.4 is 5.32 Å². The number of rotatable bonds is 2. The fourth-order valence-corrected chi connectivity index (χ4v) is 1.87. The summed E-state index contributed by atoms with van der Waals surface area (Å²) in [4.78, 5) is 20.1. The van der Waals surface area contributed by atoms with E-state index in [-0.39, 0.29) is 11.4 Å². The molecule has 3 aromatic rings. The third-order valence-electron chi connectivity index (χ3n) is 2.83. The van der Waals surface area contributed by atoms with Crippen molar-refractivity contribution in [2.24, 2.45) is 0 Å². The summed E-state index contributed by atoms with van der Waals surface area (Å²) in [5, 5.41) is 3.24. The average Bonchev–Trinajstić information content (AvgIpc) is 2.48. The lowest BCUT2D eigenvalue weighted by Crippen LogP contribution is -2.13. The number of para-hydroxylation sites is 1. The van der Waals surface area contributed by atoms with E-state index < -0.39 is 5.82 Å². The van der Waals surface area contributed by atoms with Crippen LogP contribution in [0.4, 0.5) is 10.2 Å². The van der Waals surface area contributed by atoms with E-state index in [4.69, 9.17) is 0 Å². The number of carbonyl (C=O) groups excluding carboxylic acids is 1. The molecule has 0 saturated carbocycles. The van der Waals surface area contributed by atoms with Crippen LogP contribution in [0.25, 0.3) is 10.9 Å². The molecule has 1 N–H and O–H groups in total. The number of hydrogen-bond donors (Lipinski definition) is 1. The van der Waals surface area contributed by atoms with Crippen molar-refractivity contribution >= 4 is 22.6 Å². The predicted molar refractivity (Wildman–Crippen MR) is 73.9 cm³/mol. The molecule has 0 radical (unpaired) electrons. The number of nitrogens with zero attached hydrogens (tertiary/aromatic N) is 2. The Labute approximate surface area is 114 Å². The molecule has 0 aliphatic carbocycles. The van der Waals surface area contributed by atoms with Gasteiger partial charge in [-0.2, -0.15) is 0 Å². The number of fused-ring (bicyclic) bond motifs is 1. The summed E-state index contributed by atoms with van der Waals surface area (Å²) in [7, 11) is 0. The van der Waals surface area contributed by atoms with E-state index in [1.165, 1.54) is 12.3 Å². The summed E-state index contributed by atoms with van der Waals surface area (Å²) in [6.07, 6.45) is 2.94. The molecule has 98 valence electrons. The van der Waals surface area contributed by atoms with Crippen LogP contribution in [-0.4, -0.2) is 15.9 Å². The molecule has 0 atom stereocenters. The zero-order valence-electron chi connectivity index (χ0n) is 10.4. The van der Waals surface area contributed by atoms with Crippen LogP contribution in [0, 0.1) is 5.82 Å². The first kappa shape index (κ1) is 12.2. The smallest absolute Gasteiger partial charge is 0.258 e. The van der Waals surface area contributed by atoms with Crippen molar-refractivity contribution in [1.82, 2.24) is 9.97 Å². The number of pyridine rings is 2. The van der Waals surface area contributed by atoms with Gasteiger partial charge in [-0.15, -0.1) is 0 Å². The molecule has 1 aromatic carbocycles. The number of hydrogen-bond acceptors (Lipinski definition) is 3. The Morgan fingerprint density at radius 3 is 2.80 bits per heavy atom. The van der Waals surface area contributed by atoms with Crippen LogP contribution in [-0.2, 0) is 0 Å². The Bertz CT molecular complexity index is 774. The molecule has 2 heterocycles. The van der Waals surface area contributed by atoms with Crippen molar-refractivity contribution in [2.45, 2.75) is 0 Å². The van der Waals surface area contributed by atoms with Gasteiger partial charge < -0.3 is 5.32 Å². The first-order valence-corrected chi connectivity index (χ1v) is 6.01. The number of amides is 1. The molecule has 2 aromatic heterocycles. The highest BCUT2D eigenvalue weighted by Crippen LogP contribution is 2.17. The third kappa shape index (κ3) is 2.33. The maximum Gasteiger partial charge on any atom is 0.258 e. The second-order valence-corrected chi connectivity index (χ2v) is 4.20. The van der Waals surface area contributed by atoms with Gasteiger partial charge in [-0.1, -0.05) is 18.2 Å². The number of halogens is 1. The molecule has 3 rings (SSSR count). The van der Waals surface area contributed by atoms with Gasteiger partial charge >= 0.3 is 0 Å². The van der Waals surface area contributed by atoms with E-state index in [2.05, 4.69) is 15.3 Å². The monoisotopic (exact) mass is 267 g/mol. The van der Waals surface area contributed by atoms with Gasteiger partial charge in [0.25, 0.3) is 5.91 Å². The second kappa shape index (κ2) is 5.05. The van der Waals surface area contributed by atoms with Crippen LogP contribution in [0.3, 0.4) is 0 Å². The van der Waals surface area contributed by atoms with E-state index in [1.807, 2.05) is 0 Å². The molecule has 0 aliphatic rings. The SMILES string of the molecule is O=C(Nc1ccccn1)c1cnc2c(F)cccc2c1. The maximum absolute atomic E-state index is 13.5. The predicted octanol–water partition coefficient (Wildman–Crippen LogP) is 3.02. The van der Waals surface area contributed by atoms with E-state index in [9.17, 15) is 9.18 Å². The van der Waals surface area contributed by atoms with E-state index in [1.54, 1.807) is 42.6 Å². The van der Waals surface area contributed by atoms with Crippen LogP contribution in [0.1, 0.15) is 10.4 Å². The summed E-state index contributed by atoms with van der Waals surface area (Å²) in [6.45, 7) is 0. The Morgan fingerprint density at radius 1 is 1.10 bits per heavy atom. The molecule has 20 heavy (non-hydrogen) atoms. The Balaban J connectivity index is 1.92. The third-order valence-corrected chi connectivity index (χ3v) is 2.83. The highest BCUT2D eigenvalue weighted by Gasteiger charge is 2.09. The first-order valence-electron chi connectivity index (χ1n) is 6.01. The largest absolute Gasteiger partial charge is 0.307 e. The van der Waals surface area contributed by atoms with Crippen molar-refractivity contribution in [3.05, 3.63) is 66.2 Å². The molecule has 0 aliphatic heterocycles. The molecular formula is C15H10FN3O. The zero-order chi connectivity index (χ0) is 13.9. The molecular weight excluding hydrogens is 257 g/mol. The summed E-state index contributed by atoms with van der Waals surface area (Å²) in [6, 6.07) is 11.5. The highest BCUT2D eigenvalue weighted by atomic mass is 19.1.